The minimum atomic E-state index is -0.368. The van der Waals surface area contributed by atoms with E-state index < -0.39 is 0 Å². The van der Waals surface area contributed by atoms with Crippen LogP contribution >= 0.6 is 57.7 Å². The number of thiazole rings is 1. The number of hydrogen-bond acceptors (Lipinski definition) is 3. The number of aromatic nitrogens is 1. The SMILES string of the molecule is O=C(/C=C/c1ccc(Cl)cc1Cl)Nc1c(Cl)cc(Cl)cc1-c1nc2ccccc2s1. The third-order valence-corrected chi connectivity index (χ3v) is 6.35. The summed E-state index contributed by atoms with van der Waals surface area (Å²) < 4.78 is 1.03. The van der Waals surface area contributed by atoms with Crippen molar-refractivity contribution in [1.82, 2.24) is 4.98 Å². The van der Waals surface area contributed by atoms with Gasteiger partial charge in [-0.3, -0.25) is 4.79 Å². The number of nitrogens with zero attached hydrogens (tertiary/aromatic N) is 1. The minimum Gasteiger partial charge on any atom is -0.321 e. The second kappa shape index (κ2) is 8.96. The van der Waals surface area contributed by atoms with E-state index in [1.165, 1.54) is 17.4 Å². The van der Waals surface area contributed by atoms with Gasteiger partial charge in [-0.15, -0.1) is 11.3 Å². The first-order valence-electron chi connectivity index (χ1n) is 8.70. The highest BCUT2D eigenvalue weighted by Gasteiger charge is 2.16. The van der Waals surface area contributed by atoms with Crippen molar-refractivity contribution in [3.05, 3.63) is 86.3 Å². The lowest BCUT2D eigenvalue weighted by Crippen LogP contribution is -2.09. The van der Waals surface area contributed by atoms with E-state index in [9.17, 15) is 4.79 Å². The van der Waals surface area contributed by atoms with Crippen LogP contribution < -0.4 is 5.32 Å². The Hall–Kier alpha value is -2.08. The number of fused-ring (bicyclic) bond motifs is 1. The highest BCUT2D eigenvalue weighted by molar-refractivity contribution is 7.21. The smallest absolute Gasteiger partial charge is 0.248 e. The van der Waals surface area contributed by atoms with Crippen molar-refractivity contribution in [2.24, 2.45) is 0 Å². The number of anilines is 1. The molecular weight excluding hydrogens is 482 g/mol. The maximum Gasteiger partial charge on any atom is 0.248 e. The summed E-state index contributed by atoms with van der Waals surface area (Å²) in [6, 6.07) is 16.1. The second-order valence-corrected chi connectivity index (χ2v) is 9.00. The molecule has 1 amide bonds. The zero-order valence-electron chi connectivity index (χ0n) is 15.1. The average Bonchev–Trinajstić information content (AvgIpc) is 3.13. The Morgan fingerprint density at radius 2 is 1.70 bits per heavy atom. The van der Waals surface area contributed by atoms with Crippen molar-refractivity contribution in [3.8, 4) is 10.6 Å². The summed E-state index contributed by atoms with van der Waals surface area (Å²) in [7, 11) is 0. The molecule has 0 unspecified atom stereocenters. The monoisotopic (exact) mass is 492 g/mol. The molecule has 0 bridgehead atoms. The lowest BCUT2D eigenvalue weighted by Gasteiger charge is -2.11. The third kappa shape index (κ3) is 4.64. The Morgan fingerprint density at radius 1 is 0.933 bits per heavy atom. The van der Waals surface area contributed by atoms with Crippen LogP contribution in [0.4, 0.5) is 5.69 Å². The van der Waals surface area contributed by atoms with E-state index in [-0.39, 0.29) is 5.91 Å². The number of halogens is 4. The molecule has 0 spiro atoms. The van der Waals surface area contributed by atoms with Gasteiger partial charge in [0, 0.05) is 26.7 Å². The fourth-order valence-electron chi connectivity index (χ4n) is 2.82. The van der Waals surface area contributed by atoms with Crippen LogP contribution in [-0.2, 0) is 4.79 Å². The molecule has 8 heteroatoms. The number of para-hydroxylation sites is 1. The molecule has 0 radical (unpaired) electrons. The molecule has 3 nitrogen and oxygen atoms in total. The predicted octanol–water partition coefficient (Wildman–Crippen LogP) is 8.23. The van der Waals surface area contributed by atoms with E-state index >= 15 is 0 Å². The summed E-state index contributed by atoms with van der Waals surface area (Å²) >= 11 is 26.2. The summed E-state index contributed by atoms with van der Waals surface area (Å²) in [4.78, 5) is 17.2. The van der Waals surface area contributed by atoms with Crippen molar-refractivity contribution in [2.45, 2.75) is 0 Å². The number of carbonyl (C=O) groups excluding carboxylic acids is 1. The largest absolute Gasteiger partial charge is 0.321 e. The van der Waals surface area contributed by atoms with Crippen LogP contribution in [0.2, 0.25) is 20.1 Å². The van der Waals surface area contributed by atoms with Crippen molar-refractivity contribution < 1.29 is 4.79 Å². The number of rotatable bonds is 4. The Kier molecular flexibility index (Phi) is 6.32. The van der Waals surface area contributed by atoms with Gasteiger partial charge in [-0.05, 0) is 48.0 Å². The molecule has 4 rings (SSSR count). The van der Waals surface area contributed by atoms with Gasteiger partial charge in [-0.1, -0.05) is 64.6 Å². The van der Waals surface area contributed by atoms with E-state index in [0.717, 1.165) is 10.2 Å². The van der Waals surface area contributed by atoms with Crippen molar-refractivity contribution in [2.75, 3.05) is 5.32 Å². The van der Waals surface area contributed by atoms with E-state index in [1.54, 1.807) is 36.4 Å². The van der Waals surface area contributed by atoms with Gasteiger partial charge in [0.2, 0.25) is 5.91 Å². The molecule has 150 valence electrons. The summed E-state index contributed by atoms with van der Waals surface area (Å²) in [5.41, 5.74) is 2.63. The van der Waals surface area contributed by atoms with Gasteiger partial charge in [-0.2, -0.15) is 0 Å². The molecule has 0 saturated carbocycles. The number of carbonyl (C=O) groups is 1. The van der Waals surface area contributed by atoms with Crippen LogP contribution in [-0.4, -0.2) is 10.9 Å². The Bertz CT molecular complexity index is 1270. The van der Waals surface area contributed by atoms with Gasteiger partial charge in [0.1, 0.15) is 5.01 Å². The molecule has 0 saturated heterocycles. The summed E-state index contributed by atoms with van der Waals surface area (Å²) in [5.74, 6) is -0.368. The van der Waals surface area contributed by atoms with Gasteiger partial charge >= 0.3 is 0 Å². The first-order valence-corrected chi connectivity index (χ1v) is 11.0. The summed E-state index contributed by atoms with van der Waals surface area (Å²) in [6.07, 6.45) is 2.98. The number of nitrogens with one attached hydrogen (secondary N) is 1. The molecule has 4 aromatic rings. The Balaban J connectivity index is 1.67. The molecule has 30 heavy (non-hydrogen) atoms. The first-order chi connectivity index (χ1) is 14.4. The van der Waals surface area contributed by atoms with Crippen LogP contribution in [0.1, 0.15) is 5.56 Å². The van der Waals surface area contributed by atoms with Crippen LogP contribution in [0.5, 0.6) is 0 Å². The molecule has 1 N–H and O–H groups in total. The van der Waals surface area contributed by atoms with Crippen LogP contribution in [0.3, 0.4) is 0 Å². The normalized spacial score (nSPS) is 11.3. The molecule has 0 aliphatic heterocycles. The summed E-state index contributed by atoms with van der Waals surface area (Å²) in [5, 5.41) is 5.29. The van der Waals surface area contributed by atoms with Crippen LogP contribution in [0.25, 0.3) is 26.9 Å². The van der Waals surface area contributed by atoms with Gasteiger partial charge < -0.3 is 5.32 Å². The van der Waals surface area contributed by atoms with Crippen LogP contribution in [0, 0.1) is 0 Å². The first kappa shape index (κ1) is 21.2. The highest BCUT2D eigenvalue weighted by Crippen LogP contribution is 2.40. The zero-order valence-corrected chi connectivity index (χ0v) is 19.0. The highest BCUT2D eigenvalue weighted by atomic mass is 35.5. The lowest BCUT2D eigenvalue weighted by molar-refractivity contribution is -0.111. The molecule has 1 heterocycles. The standard InChI is InChI=1S/C22H12Cl4N2OS/c23-13-7-5-12(16(25)10-13)6-8-20(29)28-21-15(9-14(24)11-17(21)26)22-27-18-3-1-2-4-19(18)30-22/h1-11H,(H,28,29)/b8-6+. The predicted molar refractivity (Wildman–Crippen MR) is 129 cm³/mol. The van der Waals surface area contributed by atoms with Crippen molar-refractivity contribution >= 4 is 85.6 Å². The maximum absolute atomic E-state index is 12.6. The number of amides is 1. The molecule has 0 atom stereocenters. The van der Waals surface area contributed by atoms with Gasteiger partial charge in [0.05, 0.1) is 20.9 Å². The van der Waals surface area contributed by atoms with E-state index in [0.29, 0.717) is 41.9 Å². The number of benzene rings is 3. The lowest BCUT2D eigenvalue weighted by atomic mass is 10.1. The zero-order chi connectivity index (χ0) is 21.3. The van der Waals surface area contributed by atoms with E-state index in [2.05, 4.69) is 10.3 Å². The van der Waals surface area contributed by atoms with Crippen LogP contribution in [0.15, 0.2) is 60.7 Å². The third-order valence-electron chi connectivity index (χ3n) is 4.20. The maximum atomic E-state index is 12.6. The quantitative estimate of drug-likeness (QED) is 0.291. The molecular formula is C22H12Cl4N2OS. The average molecular weight is 494 g/mol. The minimum absolute atomic E-state index is 0.322. The van der Waals surface area contributed by atoms with Crippen molar-refractivity contribution in [1.29, 1.82) is 0 Å². The molecule has 0 aliphatic rings. The van der Waals surface area contributed by atoms with E-state index in [1.807, 2.05) is 24.3 Å². The topological polar surface area (TPSA) is 42.0 Å². The van der Waals surface area contributed by atoms with E-state index in [4.69, 9.17) is 46.4 Å². The Labute approximate surface area is 196 Å². The number of hydrogen-bond donors (Lipinski definition) is 1. The fourth-order valence-corrected chi connectivity index (χ4v) is 4.82. The van der Waals surface area contributed by atoms with Gasteiger partial charge in [0.15, 0.2) is 0 Å². The second-order valence-electron chi connectivity index (χ2n) is 6.29. The summed E-state index contributed by atoms with van der Waals surface area (Å²) in [6.45, 7) is 0. The van der Waals surface area contributed by atoms with Gasteiger partial charge in [-0.25, -0.2) is 4.98 Å². The van der Waals surface area contributed by atoms with Crippen molar-refractivity contribution in [3.63, 3.8) is 0 Å². The van der Waals surface area contributed by atoms with Gasteiger partial charge in [0.25, 0.3) is 0 Å². The molecule has 1 aromatic heterocycles. The fraction of sp³-hybridized carbons (Fsp3) is 0. The molecule has 0 fully saturated rings. The molecule has 3 aromatic carbocycles. The molecule has 0 aliphatic carbocycles. The Morgan fingerprint density at radius 3 is 2.47 bits per heavy atom.